The van der Waals surface area contributed by atoms with E-state index >= 15 is 0 Å². The van der Waals surface area contributed by atoms with Crippen LogP contribution in [-0.4, -0.2) is 31.5 Å². The molecule has 1 aromatic rings. The van der Waals surface area contributed by atoms with Gasteiger partial charge >= 0.3 is 0 Å². The Bertz CT molecular complexity index is 532. The highest BCUT2D eigenvalue weighted by atomic mass is 35.5. The number of nitrogens with one attached hydrogen (secondary N) is 2. The first-order valence-electron chi connectivity index (χ1n) is 6.54. The van der Waals surface area contributed by atoms with Crippen LogP contribution in [-0.2, 0) is 16.0 Å². The Labute approximate surface area is 129 Å². The molecule has 0 aromatic heterocycles. The minimum atomic E-state index is -0.681. The number of likely N-dealkylation sites (N-methyl/N-ethyl adjacent to an activating group) is 1. The van der Waals surface area contributed by atoms with Gasteiger partial charge in [-0.25, -0.2) is 0 Å². The topological polar surface area (TPSA) is 67.4 Å². The lowest BCUT2D eigenvalue weighted by atomic mass is 10.0. The molecule has 0 fully saturated rings. The van der Waals surface area contributed by atoms with E-state index in [2.05, 4.69) is 17.2 Å². The summed E-state index contributed by atoms with van der Waals surface area (Å²) < 4.78 is 5.08. The van der Waals surface area contributed by atoms with Crippen LogP contribution in [0.2, 0.25) is 5.02 Å². The van der Waals surface area contributed by atoms with Gasteiger partial charge in [0.25, 0.3) is 0 Å². The molecule has 1 unspecified atom stereocenters. The summed E-state index contributed by atoms with van der Waals surface area (Å²) in [5.41, 5.74) is 0.821. The Morgan fingerprint density at radius 3 is 2.71 bits per heavy atom. The molecule has 0 heterocycles. The van der Waals surface area contributed by atoms with E-state index in [0.29, 0.717) is 23.7 Å². The number of halogens is 1. The third-order valence-corrected chi connectivity index (χ3v) is 3.12. The largest absolute Gasteiger partial charge is 0.495 e. The number of hydrogen-bond acceptors (Lipinski definition) is 3. The number of ether oxygens (including phenoxy) is 1. The summed E-state index contributed by atoms with van der Waals surface area (Å²) in [5.74, 6) is -0.0874. The van der Waals surface area contributed by atoms with Crippen molar-refractivity contribution in [2.75, 3.05) is 13.7 Å². The van der Waals surface area contributed by atoms with Crippen LogP contribution in [0.15, 0.2) is 30.9 Å². The normalized spacial score (nSPS) is 11.4. The van der Waals surface area contributed by atoms with Gasteiger partial charge in [0.05, 0.1) is 12.1 Å². The average molecular weight is 311 g/mol. The average Bonchev–Trinajstić information content (AvgIpc) is 2.46. The Balaban J connectivity index is 2.89. The van der Waals surface area contributed by atoms with Crippen molar-refractivity contribution < 1.29 is 14.3 Å². The molecule has 1 atom stereocenters. The van der Waals surface area contributed by atoms with Crippen LogP contribution in [0.5, 0.6) is 5.75 Å². The standard InChI is InChI=1S/C15H19ClN2O3/c1-4-14(19)18-12(15(20)17-5-2)9-10-6-7-13(21-3)11(16)8-10/h4,6-8,12H,1,5,9H2,2-3H3,(H,17,20)(H,18,19). The highest BCUT2D eigenvalue weighted by Crippen LogP contribution is 2.25. The molecule has 1 aromatic carbocycles. The lowest BCUT2D eigenvalue weighted by molar-refractivity contribution is -0.127. The molecule has 6 heteroatoms. The highest BCUT2D eigenvalue weighted by Gasteiger charge is 2.20. The van der Waals surface area contributed by atoms with Crippen LogP contribution in [0.4, 0.5) is 0 Å². The molecule has 2 amide bonds. The van der Waals surface area contributed by atoms with E-state index in [9.17, 15) is 9.59 Å². The number of methoxy groups -OCH3 is 1. The summed E-state index contributed by atoms with van der Waals surface area (Å²) >= 11 is 6.06. The number of amides is 2. The predicted molar refractivity (Wildman–Crippen MR) is 82.5 cm³/mol. The van der Waals surface area contributed by atoms with E-state index in [1.807, 2.05) is 6.92 Å². The van der Waals surface area contributed by atoms with Crippen molar-refractivity contribution in [2.45, 2.75) is 19.4 Å². The summed E-state index contributed by atoms with van der Waals surface area (Å²) in [7, 11) is 1.53. The first-order valence-corrected chi connectivity index (χ1v) is 6.92. The van der Waals surface area contributed by atoms with Gasteiger partial charge in [-0.3, -0.25) is 9.59 Å². The summed E-state index contributed by atoms with van der Waals surface area (Å²) in [6, 6.07) is 4.56. The quantitative estimate of drug-likeness (QED) is 0.753. The van der Waals surface area contributed by atoms with E-state index in [1.54, 1.807) is 18.2 Å². The zero-order valence-corrected chi connectivity index (χ0v) is 12.9. The van der Waals surface area contributed by atoms with Crippen LogP contribution >= 0.6 is 11.6 Å². The maximum Gasteiger partial charge on any atom is 0.244 e. The molecule has 0 aliphatic carbocycles. The van der Waals surface area contributed by atoms with Gasteiger partial charge in [-0.05, 0) is 30.7 Å². The van der Waals surface area contributed by atoms with E-state index in [1.165, 1.54) is 7.11 Å². The van der Waals surface area contributed by atoms with E-state index in [0.717, 1.165) is 11.6 Å². The molecule has 0 aliphatic rings. The lowest BCUT2D eigenvalue weighted by Crippen LogP contribution is -2.47. The van der Waals surface area contributed by atoms with Crippen LogP contribution in [0.3, 0.4) is 0 Å². The predicted octanol–water partition coefficient (Wildman–Crippen LogP) is 1.70. The van der Waals surface area contributed by atoms with Gasteiger partial charge in [0.2, 0.25) is 11.8 Å². The zero-order valence-electron chi connectivity index (χ0n) is 12.1. The van der Waals surface area contributed by atoms with Gasteiger partial charge in [-0.2, -0.15) is 0 Å². The van der Waals surface area contributed by atoms with Crippen molar-refractivity contribution in [1.29, 1.82) is 0 Å². The summed E-state index contributed by atoms with van der Waals surface area (Å²) in [6.07, 6.45) is 1.46. The van der Waals surface area contributed by atoms with Crippen molar-refractivity contribution in [3.05, 3.63) is 41.4 Å². The van der Waals surface area contributed by atoms with Crippen molar-refractivity contribution in [3.63, 3.8) is 0 Å². The van der Waals surface area contributed by atoms with Gasteiger partial charge in [-0.1, -0.05) is 24.2 Å². The maximum absolute atomic E-state index is 12.0. The molecule has 0 saturated heterocycles. The van der Waals surface area contributed by atoms with Crippen molar-refractivity contribution in [1.82, 2.24) is 10.6 Å². The smallest absolute Gasteiger partial charge is 0.244 e. The second-order valence-electron chi connectivity index (χ2n) is 4.33. The molecule has 114 valence electrons. The monoisotopic (exact) mass is 310 g/mol. The van der Waals surface area contributed by atoms with Crippen molar-refractivity contribution in [3.8, 4) is 5.75 Å². The molecule has 21 heavy (non-hydrogen) atoms. The van der Waals surface area contributed by atoms with Crippen molar-refractivity contribution in [2.24, 2.45) is 0 Å². The minimum absolute atomic E-state index is 0.250. The molecule has 1 rings (SSSR count). The summed E-state index contributed by atoms with van der Waals surface area (Å²) in [6.45, 7) is 5.68. The molecule has 2 N–H and O–H groups in total. The number of hydrogen-bond donors (Lipinski definition) is 2. The molecule has 0 saturated carbocycles. The fourth-order valence-corrected chi connectivity index (χ4v) is 2.09. The number of benzene rings is 1. The Kier molecular flexibility index (Phi) is 6.75. The third kappa shape index (κ3) is 5.11. The van der Waals surface area contributed by atoms with E-state index in [-0.39, 0.29) is 5.91 Å². The minimum Gasteiger partial charge on any atom is -0.495 e. The molecule has 0 bridgehead atoms. The molecular weight excluding hydrogens is 292 g/mol. The molecule has 5 nitrogen and oxygen atoms in total. The highest BCUT2D eigenvalue weighted by molar-refractivity contribution is 6.32. The van der Waals surface area contributed by atoms with Crippen LogP contribution in [0, 0.1) is 0 Å². The van der Waals surface area contributed by atoms with Gasteiger partial charge in [0, 0.05) is 13.0 Å². The zero-order chi connectivity index (χ0) is 15.8. The fraction of sp³-hybridized carbons (Fsp3) is 0.333. The third-order valence-electron chi connectivity index (χ3n) is 2.83. The summed E-state index contributed by atoms with van der Waals surface area (Å²) in [4.78, 5) is 23.4. The second-order valence-corrected chi connectivity index (χ2v) is 4.74. The SMILES string of the molecule is C=CC(=O)NC(Cc1ccc(OC)c(Cl)c1)C(=O)NCC. The van der Waals surface area contributed by atoms with Gasteiger partial charge in [-0.15, -0.1) is 0 Å². The number of carbonyl (C=O) groups is 2. The van der Waals surface area contributed by atoms with Crippen LogP contribution < -0.4 is 15.4 Å². The lowest BCUT2D eigenvalue weighted by Gasteiger charge is -2.17. The number of carbonyl (C=O) groups excluding carboxylic acids is 2. The van der Waals surface area contributed by atoms with Gasteiger partial charge in [0.1, 0.15) is 11.8 Å². The Hall–Kier alpha value is -2.01. The van der Waals surface area contributed by atoms with E-state index in [4.69, 9.17) is 16.3 Å². The second kappa shape index (κ2) is 8.32. The Morgan fingerprint density at radius 1 is 1.48 bits per heavy atom. The van der Waals surface area contributed by atoms with Gasteiger partial charge in [0.15, 0.2) is 0 Å². The fourth-order valence-electron chi connectivity index (χ4n) is 1.81. The van der Waals surface area contributed by atoms with Gasteiger partial charge < -0.3 is 15.4 Å². The Morgan fingerprint density at radius 2 is 2.19 bits per heavy atom. The summed E-state index contributed by atoms with van der Waals surface area (Å²) in [5, 5.41) is 5.75. The molecule has 0 spiro atoms. The van der Waals surface area contributed by atoms with Crippen LogP contribution in [0.25, 0.3) is 0 Å². The van der Waals surface area contributed by atoms with E-state index < -0.39 is 11.9 Å². The molecular formula is C15H19ClN2O3. The first kappa shape index (κ1) is 17.0. The van der Waals surface area contributed by atoms with Crippen LogP contribution in [0.1, 0.15) is 12.5 Å². The molecule has 0 radical (unpaired) electrons. The number of rotatable bonds is 7. The first-order chi connectivity index (χ1) is 10.0. The maximum atomic E-state index is 12.0. The van der Waals surface area contributed by atoms with Crippen molar-refractivity contribution >= 4 is 23.4 Å². The molecule has 0 aliphatic heterocycles.